The highest BCUT2D eigenvalue weighted by Crippen LogP contribution is 2.70. The fourth-order valence-corrected chi connectivity index (χ4v) is 6.10. The van der Waals surface area contributed by atoms with E-state index >= 15 is 0 Å². The molecule has 0 aliphatic carbocycles. The first-order valence-electron chi connectivity index (χ1n) is 7.38. The van der Waals surface area contributed by atoms with Crippen LogP contribution in [0.1, 0.15) is 18.1 Å². The van der Waals surface area contributed by atoms with Gasteiger partial charge in [-0.15, -0.1) is 4.31 Å². The zero-order valence-electron chi connectivity index (χ0n) is 12.3. The van der Waals surface area contributed by atoms with Gasteiger partial charge in [0.15, 0.2) is 5.66 Å². The van der Waals surface area contributed by atoms with Crippen LogP contribution in [-0.4, -0.2) is 18.3 Å². The van der Waals surface area contributed by atoms with Gasteiger partial charge < -0.3 is 0 Å². The van der Waals surface area contributed by atoms with E-state index in [1.807, 2.05) is 55.5 Å². The van der Waals surface area contributed by atoms with Crippen LogP contribution in [0.3, 0.4) is 0 Å². The van der Waals surface area contributed by atoms with Crippen molar-refractivity contribution in [2.45, 2.75) is 23.0 Å². The summed E-state index contributed by atoms with van der Waals surface area (Å²) in [4.78, 5) is 0.341. The maximum atomic E-state index is 12.8. The van der Waals surface area contributed by atoms with Gasteiger partial charge in [-0.05, 0) is 19.1 Å². The van der Waals surface area contributed by atoms with E-state index in [0.717, 1.165) is 11.1 Å². The molecule has 0 amide bonds. The van der Waals surface area contributed by atoms with Gasteiger partial charge in [0, 0.05) is 11.1 Å². The number of hydrogen-bond acceptors (Lipinski definition) is 4. The van der Waals surface area contributed by atoms with Crippen molar-refractivity contribution in [2.24, 2.45) is 10.2 Å². The number of hydrogen-bond donors (Lipinski definition) is 0. The highest BCUT2D eigenvalue weighted by Gasteiger charge is 2.84. The van der Waals surface area contributed by atoms with Crippen LogP contribution >= 0.6 is 0 Å². The smallest absolute Gasteiger partial charge is 0.207 e. The van der Waals surface area contributed by atoms with Crippen molar-refractivity contribution in [3.8, 4) is 0 Å². The van der Waals surface area contributed by atoms with Gasteiger partial charge in [-0.1, -0.05) is 48.5 Å². The van der Waals surface area contributed by atoms with Gasteiger partial charge in [0.1, 0.15) is 5.54 Å². The van der Waals surface area contributed by atoms with E-state index in [4.69, 9.17) is 0 Å². The van der Waals surface area contributed by atoms with E-state index in [1.165, 1.54) is 4.31 Å². The van der Waals surface area contributed by atoms with E-state index in [9.17, 15) is 8.42 Å². The molecule has 5 rings (SSSR count). The molecule has 3 aliphatic heterocycles. The normalized spacial score (nSPS) is 35.0. The molecule has 1 saturated heterocycles. The lowest BCUT2D eigenvalue weighted by Gasteiger charge is -2.18. The van der Waals surface area contributed by atoms with Gasteiger partial charge in [-0.3, -0.25) is 0 Å². The SMILES string of the molecule is CC12C=C(c3ccccc3)N=N[C@]13c1ccccc1S(=O)(=O)N23. The molecule has 5 nitrogen and oxygen atoms in total. The van der Waals surface area contributed by atoms with Crippen molar-refractivity contribution >= 4 is 15.7 Å². The number of rotatable bonds is 1. The van der Waals surface area contributed by atoms with Crippen LogP contribution in [0.5, 0.6) is 0 Å². The topological polar surface area (TPSA) is 61.9 Å². The largest absolute Gasteiger partial charge is 0.246 e. The Hall–Kier alpha value is -2.31. The molecule has 6 heteroatoms. The Bertz CT molecular complexity index is 1010. The predicted octanol–water partition coefficient (Wildman–Crippen LogP) is 3.12. The minimum atomic E-state index is -3.53. The summed E-state index contributed by atoms with van der Waals surface area (Å²) in [6.45, 7) is 1.90. The lowest BCUT2D eigenvalue weighted by molar-refractivity contribution is 0.528. The monoisotopic (exact) mass is 323 g/mol. The molecule has 3 aliphatic rings. The third-order valence-corrected chi connectivity index (χ3v) is 6.98. The number of fused-ring (bicyclic) bond motifs is 2. The first-order valence-corrected chi connectivity index (χ1v) is 8.82. The van der Waals surface area contributed by atoms with Crippen LogP contribution in [0.2, 0.25) is 0 Å². The molecule has 0 aromatic heterocycles. The summed E-state index contributed by atoms with van der Waals surface area (Å²) >= 11 is 0. The van der Waals surface area contributed by atoms with Crippen LogP contribution in [0.15, 0.2) is 75.8 Å². The molecular formula is C17H13N3O2S. The Morgan fingerprint density at radius 1 is 1.00 bits per heavy atom. The summed E-state index contributed by atoms with van der Waals surface area (Å²) in [6, 6.07) is 16.7. The third-order valence-electron chi connectivity index (χ3n) is 4.94. The Kier molecular flexibility index (Phi) is 2.16. The van der Waals surface area contributed by atoms with Gasteiger partial charge in [-0.2, -0.15) is 10.2 Å². The highest BCUT2D eigenvalue weighted by atomic mass is 32.2. The molecular weight excluding hydrogens is 310 g/mol. The number of azo groups is 1. The fraction of sp³-hybridized carbons (Fsp3) is 0.176. The van der Waals surface area contributed by atoms with E-state index in [1.54, 1.807) is 12.1 Å². The van der Waals surface area contributed by atoms with Crippen molar-refractivity contribution in [3.05, 3.63) is 71.8 Å². The van der Waals surface area contributed by atoms with Crippen LogP contribution in [0, 0.1) is 0 Å². The fourth-order valence-electron chi connectivity index (χ4n) is 3.85. The summed E-state index contributed by atoms with van der Waals surface area (Å²) in [6.07, 6.45) is 1.92. The summed E-state index contributed by atoms with van der Waals surface area (Å²) in [5, 5.41) is 8.81. The molecule has 0 radical (unpaired) electrons. The number of sulfonamides is 1. The minimum absolute atomic E-state index is 0.341. The maximum Gasteiger partial charge on any atom is 0.246 e. The number of benzene rings is 2. The van der Waals surface area contributed by atoms with Crippen molar-refractivity contribution in [1.82, 2.24) is 4.31 Å². The molecule has 3 heterocycles. The molecule has 23 heavy (non-hydrogen) atoms. The quantitative estimate of drug-likeness (QED) is 0.757. The Balaban J connectivity index is 1.73. The van der Waals surface area contributed by atoms with Gasteiger partial charge in [0.2, 0.25) is 10.0 Å². The van der Waals surface area contributed by atoms with Crippen molar-refractivity contribution in [2.75, 3.05) is 0 Å². The van der Waals surface area contributed by atoms with E-state index in [0.29, 0.717) is 10.6 Å². The average molecular weight is 323 g/mol. The summed E-state index contributed by atoms with van der Waals surface area (Å²) in [7, 11) is -3.53. The standard InChI is InChI=1S/C17H13N3O2S/c1-16-11-14(12-7-3-2-4-8-12)18-19-17(16)13-9-5-6-10-15(13)23(21,22)20(16)17/h2-11H,1H3/t16?,17-,20?/m0/s1. The third kappa shape index (κ3) is 1.31. The van der Waals surface area contributed by atoms with Gasteiger partial charge in [-0.25, -0.2) is 8.42 Å². The second kappa shape index (κ2) is 3.77. The Morgan fingerprint density at radius 2 is 1.70 bits per heavy atom. The average Bonchev–Trinajstić information content (AvgIpc) is 3.09. The van der Waals surface area contributed by atoms with Gasteiger partial charge in [0.05, 0.1) is 10.6 Å². The molecule has 2 unspecified atom stereocenters. The van der Waals surface area contributed by atoms with Crippen LogP contribution in [0.25, 0.3) is 5.70 Å². The maximum absolute atomic E-state index is 12.8. The Morgan fingerprint density at radius 3 is 2.48 bits per heavy atom. The molecule has 0 N–H and O–H groups in total. The van der Waals surface area contributed by atoms with Crippen LogP contribution in [-0.2, 0) is 15.7 Å². The van der Waals surface area contributed by atoms with E-state index < -0.39 is 21.2 Å². The molecule has 1 fully saturated rings. The van der Waals surface area contributed by atoms with Crippen molar-refractivity contribution < 1.29 is 8.42 Å². The van der Waals surface area contributed by atoms with Crippen LogP contribution < -0.4 is 0 Å². The highest BCUT2D eigenvalue weighted by molar-refractivity contribution is 7.89. The lowest BCUT2D eigenvalue weighted by Crippen LogP contribution is -2.23. The summed E-state index contributed by atoms with van der Waals surface area (Å²) in [5.74, 6) is 0. The molecule has 1 spiro atoms. The zero-order chi connectivity index (χ0) is 15.9. The minimum Gasteiger partial charge on any atom is -0.207 e. The molecule has 2 aromatic rings. The van der Waals surface area contributed by atoms with Gasteiger partial charge >= 0.3 is 0 Å². The molecule has 2 aromatic carbocycles. The Labute approximate surface area is 134 Å². The van der Waals surface area contributed by atoms with Crippen LogP contribution in [0.4, 0.5) is 0 Å². The molecule has 114 valence electrons. The first-order chi connectivity index (χ1) is 11.0. The lowest BCUT2D eigenvalue weighted by atomic mass is 9.92. The zero-order valence-corrected chi connectivity index (χ0v) is 13.2. The second-order valence-electron chi connectivity index (χ2n) is 6.18. The second-order valence-corrected chi connectivity index (χ2v) is 7.94. The molecule has 3 atom stereocenters. The summed E-state index contributed by atoms with van der Waals surface area (Å²) < 4.78 is 27.1. The predicted molar refractivity (Wildman–Crippen MR) is 84.8 cm³/mol. The number of nitrogens with zero attached hydrogens (tertiary/aromatic N) is 3. The van der Waals surface area contributed by atoms with Crippen molar-refractivity contribution in [3.63, 3.8) is 0 Å². The van der Waals surface area contributed by atoms with E-state index in [2.05, 4.69) is 10.2 Å². The first kappa shape index (κ1) is 13.2. The summed E-state index contributed by atoms with van der Waals surface area (Å²) in [5.41, 5.74) is 0.771. The van der Waals surface area contributed by atoms with E-state index in [-0.39, 0.29) is 0 Å². The molecule has 0 bridgehead atoms. The molecule has 0 saturated carbocycles. The van der Waals surface area contributed by atoms with Crippen molar-refractivity contribution in [1.29, 1.82) is 0 Å². The van der Waals surface area contributed by atoms with Gasteiger partial charge in [0.25, 0.3) is 0 Å².